The number of benzene rings is 2. The summed E-state index contributed by atoms with van der Waals surface area (Å²) in [5.41, 5.74) is 2.55. The van der Waals surface area contributed by atoms with Gasteiger partial charge in [-0.05, 0) is 30.5 Å². The lowest BCUT2D eigenvalue weighted by Gasteiger charge is -2.28. The average Bonchev–Trinajstić information content (AvgIpc) is 3.63. The van der Waals surface area contributed by atoms with Gasteiger partial charge in [-0.2, -0.15) is 9.97 Å². The minimum absolute atomic E-state index is 0.257. The topological polar surface area (TPSA) is 165 Å². The normalized spacial score (nSPS) is 15.0. The average molecular weight is 737 g/mol. The highest BCUT2D eigenvalue weighted by molar-refractivity contribution is 5.75. The maximum atomic E-state index is 13.3. The fourth-order valence-electron chi connectivity index (χ4n) is 7.23. The van der Waals surface area contributed by atoms with Crippen LogP contribution in [0.4, 0.5) is 11.9 Å². The number of imidazole rings is 2. The molecule has 2 fully saturated rings. The minimum atomic E-state index is -0.450. The smallest absolute Gasteiger partial charge is 0.332 e. The fourth-order valence-corrected chi connectivity index (χ4v) is 7.23. The van der Waals surface area contributed by atoms with Crippen molar-refractivity contribution in [1.29, 1.82) is 0 Å². The third-order valence-electron chi connectivity index (χ3n) is 10.0. The van der Waals surface area contributed by atoms with Crippen LogP contribution >= 0.6 is 0 Å². The van der Waals surface area contributed by atoms with Crippen molar-refractivity contribution in [2.75, 3.05) is 62.2 Å². The van der Waals surface area contributed by atoms with Gasteiger partial charge in [0.2, 0.25) is 11.9 Å². The van der Waals surface area contributed by atoms with Gasteiger partial charge in [0.1, 0.15) is 0 Å². The number of aromatic amines is 1. The number of fused-ring (bicyclic) bond motifs is 2. The Balaban J connectivity index is 0.000000168. The molecule has 0 unspecified atom stereocenters. The van der Waals surface area contributed by atoms with E-state index in [1.54, 1.807) is 14.1 Å². The van der Waals surface area contributed by atoms with Gasteiger partial charge in [0.15, 0.2) is 22.3 Å². The third kappa shape index (κ3) is 7.26. The number of aryl methyl sites for hydroxylation is 2. The summed E-state index contributed by atoms with van der Waals surface area (Å²) in [4.78, 5) is 66.7. The van der Waals surface area contributed by atoms with Crippen molar-refractivity contribution in [2.45, 2.75) is 39.4 Å². The largest absolute Gasteiger partial charge is 0.341 e. The first kappa shape index (κ1) is 36.6. The third-order valence-corrected chi connectivity index (χ3v) is 10.0. The molecule has 2 aliphatic heterocycles. The van der Waals surface area contributed by atoms with Crippen molar-refractivity contribution in [3.63, 3.8) is 0 Å². The highest BCUT2D eigenvalue weighted by atomic mass is 16.2. The number of piperazine rings is 1. The molecular formula is C38H48N12O4. The summed E-state index contributed by atoms with van der Waals surface area (Å²) in [6, 6.07) is 20.0. The van der Waals surface area contributed by atoms with E-state index in [4.69, 9.17) is 4.98 Å². The Bertz CT molecular complexity index is 2460. The van der Waals surface area contributed by atoms with Crippen molar-refractivity contribution in [2.24, 2.45) is 14.1 Å². The first-order chi connectivity index (χ1) is 26.3. The highest BCUT2D eigenvalue weighted by Gasteiger charge is 2.25. The molecule has 16 heteroatoms. The van der Waals surface area contributed by atoms with Gasteiger partial charge in [-0.1, -0.05) is 67.6 Å². The van der Waals surface area contributed by atoms with Crippen LogP contribution in [0.1, 0.15) is 30.9 Å². The van der Waals surface area contributed by atoms with Gasteiger partial charge in [-0.15, -0.1) is 0 Å². The molecular weight excluding hydrogens is 688 g/mol. The number of H-pyrrole nitrogens is 1. The van der Waals surface area contributed by atoms with Gasteiger partial charge in [-0.3, -0.25) is 37.4 Å². The number of aromatic nitrogens is 8. The van der Waals surface area contributed by atoms with E-state index >= 15 is 0 Å². The summed E-state index contributed by atoms with van der Waals surface area (Å²) in [5, 5.41) is 6.73. The number of hydrogen-bond donors (Lipinski definition) is 3. The zero-order valence-electron chi connectivity index (χ0n) is 31.1. The Morgan fingerprint density at radius 3 is 1.72 bits per heavy atom. The van der Waals surface area contributed by atoms with Crippen LogP contribution in [0.5, 0.6) is 0 Å². The fraction of sp³-hybridized carbons (Fsp3) is 0.421. The van der Waals surface area contributed by atoms with Crippen LogP contribution in [-0.4, -0.2) is 90.1 Å². The van der Waals surface area contributed by atoms with E-state index in [9.17, 15) is 19.2 Å². The maximum absolute atomic E-state index is 13.3. The minimum Gasteiger partial charge on any atom is -0.341 e. The van der Waals surface area contributed by atoms with Crippen LogP contribution in [0.15, 0.2) is 79.8 Å². The van der Waals surface area contributed by atoms with Crippen molar-refractivity contribution in [3.05, 3.63) is 113 Å². The lowest BCUT2D eigenvalue weighted by Crippen LogP contribution is -2.44. The number of rotatable bonds is 8. The summed E-state index contributed by atoms with van der Waals surface area (Å²) < 4.78 is 8.13. The second-order valence-corrected chi connectivity index (χ2v) is 13.8. The SMILES string of the molecule is CCCn1c(=O)c2c(nc(N3CCCNCC3)n2Cc2ccccc2)n(C)c1=O.Cn1c(=O)[nH]c(=O)c2c1nc(N1CCNCC1)n2Cc1ccccc1. The molecule has 6 aromatic rings. The Hall–Kier alpha value is -5.74. The molecule has 284 valence electrons. The van der Waals surface area contributed by atoms with Crippen LogP contribution in [-0.2, 0) is 33.7 Å². The predicted octanol–water partition coefficient (Wildman–Crippen LogP) is 1.04. The summed E-state index contributed by atoms with van der Waals surface area (Å²) in [5.74, 6) is 1.49. The molecule has 8 rings (SSSR count). The molecule has 2 aromatic carbocycles. The van der Waals surface area contributed by atoms with E-state index < -0.39 is 11.2 Å². The standard InChI is InChI=1S/C21H28N6O2.C17H20N6O2/c1-3-12-26-19(28)17-18(24(2)21(26)29)23-20(25-13-7-10-22-11-14-25)27(17)15-16-8-5-4-6-9-16;1-21-14-13(15(24)20-17(21)25)23(11-12-5-3-2-4-6-12)16(19-14)22-9-7-18-8-10-22/h4-6,8-9,22H,3,7,10-15H2,1-2H3;2-6,18H,7-11H2,1H3,(H,20,24,25). The van der Waals surface area contributed by atoms with Gasteiger partial charge in [-0.25, -0.2) is 9.59 Å². The molecule has 6 heterocycles. The van der Waals surface area contributed by atoms with Crippen molar-refractivity contribution >= 4 is 34.2 Å². The van der Waals surface area contributed by atoms with E-state index in [1.165, 1.54) is 13.7 Å². The van der Waals surface area contributed by atoms with Crippen molar-refractivity contribution in [1.82, 2.24) is 48.4 Å². The monoisotopic (exact) mass is 736 g/mol. The number of nitrogens with one attached hydrogen (secondary N) is 3. The number of nitrogens with zero attached hydrogens (tertiary/aromatic N) is 9. The Labute approximate surface area is 311 Å². The molecule has 16 nitrogen and oxygen atoms in total. The Kier molecular flexibility index (Phi) is 10.9. The number of anilines is 2. The molecule has 0 aliphatic carbocycles. The van der Waals surface area contributed by atoms with E-state index in [2.05, 4.69) is 30.4 Å². The van der Waals surface area contributed by atoms with Gasteiger partial charge in [0.05, 0.1) is 13.1 Å². The van der Waals surface area contributed by atoms with Gasteiger partial charge < -0.3 is 20.4 Å². The molecule has 0 saturated carbocycles. The van der Waals surface area contributed by atoms with Crippen molar-refractivity contribution in [3.8, 4) is 0 Å². The van der Waals surface area contributed by atoms with Crippen LogP contribution in [0.25, 0.3) is 22.3 Å². The second kappa shape index (κ2) is 16.1. The Morgan fingerprint density at radius 1 is 0.630 bits per heavy atom. The summed E-state index contributed by atoms with van der Waals surface area (Å²) >= 11 is 0. The van der Waals surface area contributed by atoms with Crippen LogP contribution in [0.2, 0.25) is 0 Å². The molecule has 2 aliphatic rings. The zero-order valence-corrected chi connectivity index (χ0v) is 31.1. The van der Waals surface area contributed by atoms with Crippen molar-refractivity contribution < 1.29 is 0 Å². The molecule has 0 radical (unpaired) electrons. The first-order valence-corrected chi connectivity index (χ1v) is 18.7. The van der Waals surface area contributed by atoms with Gasteiger partial charge in [0.25, 0.3) is 11.1 Å². The van der Waals surface area contributed by atoms with E-state index in [-0.39, 0.29) is 11.2 Å². The van der Waals surface area contributed by atoms with Gasteiger partial charge in [0, 0.05) is 66.5 Å². The van der Waals surface area contributed by atoms with E-state index in [0.717, 1.165) is 88.2 Å². The molecule has 54 heavy (non-hydrogen) atoms. The van der Waals surface area contributed by atoms with Crippen LogP contribution in [0.3, 0.4) is 0 Å². The second-order valence-electron chi connectivity index (χ2n) is 13.8. The molecule has 2 saturated heterocycles. The first-order valence-electron chi connectivity index (χ1n) is 18.7. The van der Waals surface area contributed by atoms with Gasteiger partial charge >= 0.3 is 11.4 Å². The lowest BCUT2D eigenvalue weighted by molar-refractivity contribution is 0.571. The summed E-state index contributed by atoms with van der Waals surface area (Å²) in [6.45, 7) is 10.3. The molecule has 3 N–H and O–H groups in total. The Morgan fingerprint density at radius 2 is 1.15 bits per heavy atom. The molecule has 0 atom stereocenters. The summed E-state index contributed by atoms with van der Waals surface area (Å²) in [7, 11) is 3.33. The molecule has 0 spiro atoms. The quantitative estimate of drug-likeness (QED) is 0.206. The highest BCUT2D eigenvalue weighted by Crippen LogP contribution is 2.23. The lowest BCUT2D eigenvalue weighted by atomic mass is 10.2. The maximum Gasteiger partial charge on any atom is 0.332 e. The molecule has 4 aromatic heterocycles. The zero-order chi connectivity index (χ0) is 37.8. The molecule has 0 amide bonds. The molecule has 0 bridgehead atoms. The van der Waals surface area contributed by atoms with E-state index in [1.807, 2.05) is 76.7 Å². The van der Waals surface area contributed by atoms with Crippen LogP contribution in [0, 0.1) is 0 Å². The summed E-state index contributed by atoms with van der Waals surface area (Å²) in [6.07, 6.45) is 1.73. The predicted molar refractivity (Wildman–Crippen MR) is 211 cm³/mol. The van der Waals surface area contributed by atoms with Crippen LogP contribution < -0.4 is 42.9 Å². The van der Waals surface area contributed by atoms with E-state index in [0.29, 0.717) is 42.0 Å². The number of hydrogen-bond acceptors (Lipinski definition) is 10.